The van der Waals surface area contributed by atoms with Crippen molar-refractivity contribution in [1.29, 1.82) is 0 Å². The zero-order valence-corrected chi connectivity index (χ0v) is 12.2. The molecular weight excluding hydrogens is 240 g/mol. The van der Waals surface area contributed by atoms with Gasteiger partial charge in [0.25, 0.3) is 0 Å². The second kappa shape index (κ2) is 5.93. The summed E-state index contributed by atoms with van der Waals surface area (Å²) in [5.41, 5.74) is 2.40. The molecule has 0 aliphatic heterocycles. The molecule has 1 saturated carbocycles. The third kappa shape index (κ3) is 3.10. The van der Waals surface area contributed by atoms with Crippen molar-refractivity contribution in [1.82, 2.24) is 0 Å². The zero-order chi connectivity index (χ0) is 14.0. The van der Waals surface area contributed by atoms with Crippen LogP contribution in [0.1, 0.15) is 44.2 Å². The molecule has 3 heteroatoms. The molecule has 1 N–H and O–H groups in total. The number of benzene rings is 1. The quantitative estimate of drug-likeness (QED) is 0.888. The molecule has 0 saturated heterocycles. The Morgan fingerprint density at radius 1 is 1.37 bits per heavy atom. The van der Waals surface area contributed by atoms with E-state index < -0.39 is 6.10 Å². The molecule has 106 valence electrons. The Morgan fingerprint density at radius 3 is 2.68 bits per heavy atom. The molecule has 2 rings (SSSR count). The van der Waals surface area contributed by atoms with Crippen molar-refractivity contribution in [3.63, 3.8) is 0 Å². The van der Waals surface area contributed by atoms with E-state index in [1.807, 2.05) is 6.92 Å². The van der Waals surface area contributed by atoms with Crippen LogP contribution >= 0.6 is 0 Å². The largest absolute Gasteiger partial charge is 0.487 e. The first-order valence-corrected chi connectivity index (χ1v) is 7.09. The highest BCUT2D eigenvalue weighted by Crippen LogP contribution is 2.33. The van der Waals surface area contributed by atoms with Crippen LogP contribution in [0.15, 0.2) is 18.2 Å². The summed E-state index contributed by atoms with van der Waals surface area (Å²) in [4.78, 5) is 0. The summed E-state index contributed by atoms with van der Waals surface area (Å²) in [6.07, 6.45) is 0.0351. The Kier molecular flexibility index (Phi) is 4.48. The van der Waals surface area contributed by atoms with E-state index in [2.05, 4.69) is 39.0 Å². The van der Waals surface area contributed by atoms with E-state index in [0.29, 0.717) is 18.9 Å². The van der Waals surface area contributed by atoms with Crippen LogP contribution in [-0.4, -0.2) is 30.0 Å². The molecule has 0 amide bonds. The van der Waals surface area contributed by atoms with Crippen LogP contribution in [0.3, 0.4) is 0 Å². The standard InChI is InChI=1S/C16H24O3/c1-5-18-16-13(17)9-15(16)19-14-8-11(4)6-7-12(14)10(2)3/h6-8,10,13,15-17H,5,9H2,1-4H3. The second-order valence-electron chi connectivity index (χ2n) is 5.58. The molecule has 3 unspecified atom stereocenters. The van der Waals surface area contributed by atoms with Crippen LogP contribution in [0.25, 0.3) is 0 Å². The predicted octanol–water partition coefficient (Wildman–Crippen LogP) is 3.04. The third-order valence-electron chi connectivity index (χ3n) is 3.65. The maximum Gasteiger partial charge on any atom is 0.130 e. The SMILES string of the molecule is CCOC1C(O)CC1Oc1cc(C)ccc1C(C)C. The van der Waals surface area contributed by atoms with Crippen molar-refractivity contribution < 1.29 is 14.6 Å². The van der Waals surface area contributed by atoms with E-state index >= 15 is 0 Å². The lowest BCUT2D eigenvalue weighted by Crippen LogP contribution is -2.55. The number of aliphatic hydroxyl groups is 1. The minimum Gasteiger partial charge on any atom is -0.487 e. The number of ether oxygens (including phenoxy) is 2. The van der Waals surface area contributed by atoms with Gasteiger partial charge in [-0.2, -0.15) is 0 Å². The molecule has 0 bridgehead atoms. The fraction of sp³-hybridized carbons (Fsp3) is 0.625. The van der Waals surface area contributed by atoms with Crippen molar-refractivity contribution in [2.75, 3.05) is 6.61 Å². The zero-order valence-electron chi connectivity index (χ0n) is 12.2. The molecule has 3 atom stereocenters. The van der Waals surface area contributed by atoms with Crippen LogP contribution in [0.4, 0.5) is 0 Å². The van der Waals surface area contributed by atoms with Crippen LogP contribution in [0, 0.1) is 6.92 Å². The second-order valence-corrected chi connectivity index (χ2v) is 5.58. The van der Waals surface area contributed by atoms with Gasteiger partial charge >= 0.3 is 0 Å². The van der Waals surface area contributed by atoms with Crippen molar-refractivity contribution in [2.24, 2.45) is 0 Å². The van der Waals surface area contributed by atoms with Gasteiger partial charge in [-0.05, 0) is 37.0 Å². The maximum atomic E-state index is 9.72. The first-order chi connectivity index (χ1) is 9.02. The minimum atomic E-state index is -0.391. The molecule has 0 radical (unpaired) electrons. The molecule has 19 heavy (non-hydrogen) atoms. The molecule has 1 aromatic carbocycles. The highest BCUT2D eigenvalue weighted by Gasteiger charge is 2.42. The molecule has 3 nitrogen and oxygen atoms in total. The van der Waals surface area contributed by atoms with E-state index in [1.165, 1.54) is 11.1 Å². The molecule has 1 fully saturated rings. The van der Waals surface area contributed by atoms with Gasteiger partial charge in [-0.25, -0.2) is 0 Å². The molecule has 1 aromatic rings. The lowest BCUT2D eigenvalue weighted by atomic mass is 9.87. The number of hydrogen-bond donors (Lipinski definition) is 1. The minimum absolute atomic E-state index is 0.0331. The Hall–Kier alpha value is -1.06. The van der Waals surface area contributed by atoms with Gasteiger partial charge in [0.05, 0.1) is 6.10 Å². The van der Waals surface area contributed by atoms with Gasteiger partial charge in [0, 0.05) is 13.0 Å². The summed E-state index contributed by atoms with van der Waals surface area (Å²) in [6, 6.07) is 6.31. The summed E-state index contributed by atoms with van der Waals surface area (Å²) < 4.78 is 11.6. The van der Waals surface area contributed by atoms with Crippen LogP contribution < -0.4 is 4.74 Å². The molecule has 0 heterocycles. The normalized spacial score (nSPS) is 26.3. The first kappa shape index (κ1) is 14.4. The van der Waals surface area contributed by atoms with Crippen molar-refractivity contribution in [3.05, 3.63) is 29.3 Å². The van der Waals surface area contributed by atoms with E-state index in [1.54, 1.807) is 0 Å². The van der Waals surface area contributed by atoms with Gasteiger partial charge in [0.15, 0.2) is 0 Å². The lowest BCUT2D eigenvalue weighted by Gasteiger charge is -2.41. The summed E-state index contributed by atoms with van der Waals surface area (Å²) in [5.74, 6) is 1.35. The van der Waals surface area contributed by atoms with Gasteiger partial charge in [-0.15, -0.1) is 0 Å². The monoisotopic (exact) mass is 264 g/mol. The van der Waals surface area contributed by atoms with Crippen LogP contribution in [0.5, 0.6) is 5.75 Å². The van der Waals surface area contributed by atoms with E-state index in [9.17, 15) is 5.11 Å². The first-order valence-electron chi connectivity index (χ1n) is 7.09. The van der Waals surface area contributed by atoms with Crippen LogP contribution in [0.2, 0.25) is 0 Å². The topological polar surface area (TPSA) is 38.7 Å². The van der Waals surface area contributed by atoms with Crippen molar-refractivity contribution in [3.8, 4) is 5.75 Å². The molecular formula is C16H24O3. The fourth-order valence-corrected chi connectivity index (χ4v) is 2.47. The Balaban J connectivity index is 2.12. The van der Waals surface area contributed by atoms with E-state index in [-0.39, 0.29) is 12.2 Å². The highest BCUT2D eigenvalue weighted by atomic mass is 16.6. The van der Waals surface area contributed by atoms with Gasteiger partial charge < -0.3 is 14.6 Å². The summed E-state index contributed by atoms with van der Waals surface area (Å²) in [5, 5.41) is 9.72. The third-order valence-corrected chi connectivity index (χ3v) is 3.65. The summed E-state index contributed by atoms with van der Waals surface area (Å²) >= 11 is 0. The number of aliphatic hydroxyl groups excluding tert-OH is 1. The lowest BCUT2D eigenvalue weighted by molar-refractivity contribution is -0.160. The van der Waals surface area contributed by atoms with E-state index in [0.717, 1.165) is 5.75 Å². The Morgan fingerprint density at radius 2 is 2.11 bits per heavy atom. The Labute approximate surface area is 115 Å². The average Bonchev–Trinajstić information content (AvgIpc) is 2.35. The van der Waals surface area contributed by atoms with Crippen molar-refractivity contribution >= 4 is 0 Å². The van der Waals surface area contributed by atoms with Gasteiger partial charge in [-0.3, -0.25) is 0 Å². The predicted molar refractivity (Wildman–Crippen MR) is 75.7 cm³/mol. The summed E-state index contributed by atoms with van der Waals surface area (Å²) in [7, 11) is 0. The smallest absolute Gasteiger partial charge is 0.130 e. The molecule has 1 aliphatic rings. The average molecular weight is 264 g/mol. The van der Waals surface area contributed by atoms with Crippen LogP contribution in [-0.2, 0) is 4.74 Å². The molecule has 0 aromatic heterocycles. The summed E-state index contributed by atoms with van der Waals surface area (Å²) in [6.45, 7) is 8.92. The molecule has 1 aliphatic carbocycles. The fourth-order valence-electron chi connectivity index (χ4n) is 2.47. The van der Waals surface area contributed by atoms with Crippen molar-refractivity contribution in [2.45, 2.75) is 58.3 Å². The number of aryl methyl sites for hydroxylation is 1. The Bertz CT molecular complexity index is 428. The maximum absolute atomic E-state index is 9.72. The van der Waals surface area contributed by atoms with Gasteiger partial charge in [0.2, 0.25) is 0 Å². The molecule has 0 spiro atoms. The highest BCUT2D eigenvalue weighted by molar-refractivity contribution is 5.39. The van der Waals surface area contributed by atoms with Gasteiger partial charge in [0.1, 0.15) is 18.0 Å². The van der Waals surface area contributed by atoms with Gasteiger partial charge in [-0.1, -0.05) is 26.0 Å². The number of hydrogen-bond acceptors (Lipinski definition) is 3. The number of rotatable bonds is 5. The van der Waals surface area contributed by atoms with E-state index in [4.69, 9.17) is 9.47 Å².